The predicted octanol–water partition coefficient (Wildman–Crippen LogP) is 0.978. The molecule has 58 heavy (non-hydrogen) atoms. The molecule has 2 atom stereocenters. The first kappa shape index (κ1) is 52.8. The zero-order valence-electron chi connectivity index (χ0n) is 35.9. The van der Waals surface area contributed by atoms with Crippen LogP contribution < -0.4 is 5.32 Å². The summed E-state index contributed by atoms with van der Waals surface area (Å²) in [6, 6.07) is 0. The second-order valence-electron chi connectivity index (χ2n) is 16.3. The average Bonchev–Trinajstić information content (AvgIpc) is 3.08. The molecule has 1 amide bonds. The summed E-state index contributed by atoms with van der Waals surface area (Å²) in [7, 11) is -4.64. The Balaban J connectivity index is 3.07. The number of ether oxygens (including phenoxy) is 5. The van der Waals surface area contributed by atoms with Gasteiger partial charge < -0.3 is 43.7 Å². The van der Waals surface area contributed by atoms with Crippen LogP contribution in [0.1, 0.15) is 75.2 Å². The van der Waals surface area contributed by atoms with Crippen LogP contribution in [0.2, 0.25) is 0 Å². The van der Waals surface area contributed by atoms with E-state index in [4.69, 9.17) is 32.7 Å². The molecule has 336 valence electrons. The number of carbonyl (C=O) groups is 6. The van der Waals surface area contributed by atoms with Crippen molar-refractivity contribution in [1.82, 2.24) is 24.9 Å². The van der Waals surface area contributed by atoms with Crippen LogP contribution in [-0.2, 0) is 66.1 Å². The first-order valence-corrected chi connectivity index (χ1v) is 21.0. The SMILES string of the molecule is CC(=O)OCC(COP(=O)(O)OCCNC(=O)CN1CCN(CCC(C)(C)OC=O)CCN(CCC(C)(C)OC=O)CCN(CC(=O)OC(C)(C)C)CC1)OC(C)=O. The van der Waals surface area contributed by atoms with Gasteiger partial charge in [0.15, 0.2) is 6.10 Å². The van der Waals surface area contributed by atoms with E-state index in [1.807, 2.05) is 37.5 Å². The summed E-state index contributed by atoms with van der Waals surface area (Å²) in [6.45, 7) is 20.0. The maximum Gasteiger partial charge on any atom is 0.472 e. The minimum Gasteiger partial charge on any atom is -0.462 e. The Morgan fingerprint density at radius 2 is 1.17 bits per heavy atom. The summed E-state index contributed by atoms with van der Waals surface area (Å²) in [6.07, 6.45) is 0.00623. The van der Waals surface area contributed by atoms with Gasteiger partial charge in [0.2, 0.25) is 5.91 Å². The van der Waals surface area contributed by atoms with E-state index in [0.717, 1.165) is 13.8 Å². The molecule has 2 N–H and O–H groups in total. The highest BCUT2D eigenvalue weighted by Crippen LogP contribution is 2.43. The van der Waals surface area contributed by atoms with Crippen molar-refractivity contribution < 1.29 is 71.0 Å². The van der Waals surface area contributed by atoms with E-state index < -0.39 is 49.3 Å². The van der Waals surface area contributed by atoms with Crippen molar-refractivity contribution in [3.05, 3.63) is 0 Å². The van der Waals surface area contributed by atoms with E-state index in [0.29, 0.717) is 91.2 Å². The highest BCUT2D eigenvalue weighted by molar-refractivity contribution is 7.47. The van der Waals surface area contributed by atoms with E-state index in [9.17, 15) is 38.2 Å². The molecule has 0 bridgehead atoms. The summed E-state index contributed by atoms with van der Waals surface area (Å²) in [5, 5.41) is 2.68. The third kappa shape index (κ3) is 26.7. The number of carbonyl (C=O) groups excluding carboxylic acids is 6. The second-order valence-corrected chi connectivity index (χ2v) is 17.7. The van der Waals surface area contributed by atoms with Gasteiger partial charge in [0, 0.05) is 85.8 Å². The Morgan fingerprint density at radius 3 is 1.60 bits per heavy atom. The fourth-order valence-corrected chi connectivity index (χ4v) is 6.27. The van der Waals surface area contributed by atoms with Gasteiger partial charge in [0.25, 0.3) is 12.9 Å². The van der Waals surface area contributed by atoms with Gasteiger partial charge in [-0.2, -0.15) is 0 Å². The number of phosphoric acid groups is 1. The van der Waals surface area contributed by atoms with Crippen LogP contribution in [-0.4, -0.2) is 189 Å². The molecule has 1 heterocycles. The van der Waals surface area contributed by atoms with Gasteiger partial charge in [-0.05, 0) is 61.3 Å². The van der Waals surface area contributed by atoms with Crippen molar-refractivity contribution in [3.8, 4) is 0 Å². The van der Waals surface area contributed by atoms with E-state index >= 15 is 0 Å². The molecule has 2 unspecified atom stereocenters. The van der Waals surface area contributed by atoms with Crippen molar-refractivity contribution >= 4 is 44.6 Å². The van der Waals surface area contributed by atoms with Gasteiger partial charge in [-0.1, -0.05) is 0 Å². The summed E-state index contributed by atoms with van der Waals surface area (Å²) in [5.74, 6) is -2.11. The maximum absolute atomic E-state index is 13.2. The molecule has 0 saturated carbocycles. The summed E-state index contributed by atoms with van der Waals surface area (Å²) >= 11 is 0. The zero-order valence-corrected chi connectivity index (χ0v) is 36.8. The number of rotatable bonds is 24. The number of phosphoric ester groups is 1. The van der Waals surface area contributed by atoms with Crippen LogP contribution in [0.5, 0.6) is 0 Å². The van der Waals surface area contributed by atoms with E-state index in [2.05, 4.69) is 15.1 Å². The standard InChI is InChI=1S/C37H68N5O15P/c1-30(45)51-26-32(56-31(2)46)27-55-58(49,50)54-23-12-38-33(47)24-41-19-17-39(13-10-36(6,7)52-28-43)15-16-40(14-11-37(8,9)53-29-44)18-20-42(22-21-41)25-34(48)57-35(3,4)5/h28-29,32H,10-27H2,1-9H3,(H,38,47)(H,49,50). The Bertz CT molecular complexity index is 1350. The number of esters is 3. The quantitative estimate of drug-likeness (QED) is 0.0453. The highest BCUT2D eigenvalue weighted by atomic mass is 31.2. The van der Waals surface area contributed by atoms with Crippen molar-refractivity contribution in [3.63, 3.8) is 0 Å². The van der Waals surface area contributed by atoms with Gasteiger partial charge in [-0.15, -0.1) is 0 Å². The van der Waals surface area contributed by atoms with Crippen molar-refractivity contribution in [2.24, 2.45) is 0 Å². The number of amides is 1. The summed E-state index contributed by atoms with van der Waals surface area (Å²) < 4.78 is 48.2. The summed E-state index contributed by atoms with van der Waals surface area (Å²) in [5.41, 5.74) is -2.03. The molecule has 0 aromatic carbocycles. The monoisotopic (exact) mass is 853 g/mol. The van der Waals surface area contributed by atoms with E-state index in [-0.39, 0.29) is 44.7 Å². The Labute approximate surface area is 343 Å². The van der Waals surface area contributed by atoms with Gasteiger partial charge in [-0.25, -0.2) is 4.57 Å². The molecule has 1 fully saturated rings. The number of nitrogens with zero attached hydrogens (tertiary/aromatic N) is 4. The fraction of sp³-hybridized carbons (Fsp3) is 0.838. The lowest BCUT2D eigenvalue weighted by Crippen LogP contribution is -2.50. The normalized spacial score (nSPS) is 17.7. The van der Waals surface area contributed by atoms with Gasteiger partial charge in [-0.3, -0.25) is 47.6 Å². The molecular weight excluding hydrogens is 785 g/mol. The van der Waals surface area contributed by atoms with Crippen LogP contribution in [0.15, 0.2) is 0 Å². The van der Waals surface area contributed by atoms with Gasteiger partial charge in [0.05, 0.1) is 26.3 Å². The topological polar surface area (TPSA) is 229 Å². The van der Waals surface area contributed by atoms with Gasteiger partial charge >= 0.3 is 25.7 Å². The molecule has 1 aliphatic heterocycles. The lowest BCUT2D eigenvalue weighted by Gasteiger charge is -2.36. The Hall–Kier alpha value is -3.23. The Kier molecular flexibility index (Phi) is 23.7. The molecule has 1 rings (SSSR count). The third-order valence-corrected chi connectivity index (χ3v) is 9.76. The minimum atomic E-state index is -4.64. The van der Waals surface area contributed by atoms with Crippen LogP contribution in [0.4, 0.5) is 0 Å². The first-order valence-electron chi connectivity index (χ1n) is 19.5. The number of nitrogens with one attached hydrogen (secondary N) is 1. The van der Waals surface area contributed by atoms with Crippen LogP contribution in [0.3, 0.4) is 0 Å². The number of hydrogen-bond acceptors (Lipinski definition) is 18. The second kappa shape index (κ2) is 26.1. The van der Waals surface area contributed by atoms with Crippen molar-refractivity contribution in [1.29, 1.82) is 0 Å². The third-order valence-electron chi connectivity index (χ3n) is 8.77. The lowest BCUT2D eigenvalue weighted by molar-refractivity contribution is -0.158. The predicted molar refractivity (Wildman–Crippen MR) is 210 cm³/mol. The van der Waals surface area contributed by atoms with Crippen molar-refractivity contribution in [2.75, 3.05) is 105 Å². The molecule has 1 aliphatic rings. The maximum atomic E-state index is 13.2. The molecule has 21 heteroatoms. The number of hydrogen-bond donors (Lipinski definition) is 2. The van der Waals surface area contributed by atoms with E-state index in [1.54, 1.807) is 20.8 Å². The van der Waals surface area contributed by atoms with Gasteiger partial charge in [0.1, 0.15) is 23.4 Å². The molecular formula is C37H68N5O15P. The molecule has 0 aromatic heterocycles. The minimum absolute atomic E-state index is 0.0285. The van der Waals surface area contributed by atoms with E-state index in [1.165, 1.54) is 0 Å². The first-order chi connectivity index (χ1) is 26.9. The molecule has 0 aliphatic carbocycles. The Morgan fingerprint density at radius 1 is 0.707 bits per heavy atom. The van der Waals surface area contributed by atoms with Crippen LogP contribution >= 0.6 is 7.82 Å². The fourth-order valence-electron chi connectivity index (χ4n) is 5.52. The molecule has 0 spiro atoms. The molecule has 20 nitrogen and oxygen atoms in total. The molecule has 0 radical (unpaired) electrons. The van der Waals surface area contributed by atoms with Crippen molar-refractivity contribution in [2.45, 2.75) is 98.1 Å². The molecule has 1 saturated heterocycles. The zero-order chi connectivity index (χ0) is 44.0. The highest BCUT2D eigenvalue weighted by Gasteiger charge is 2.28. The largest absolute Gasteiger partial charge is 0.472 e. The lowest BCUT2D eigenvalue weighted by atomic mass is 10.0. The average molecular weight is 854 g/mol. The van der Waals surface area contributed by atoms with Crippen LogP contribution in [0, 0.1) is 0 Å². The summed E-state index contributed by atoms with van der Waals surface area (Å²) in [4.78, 5) is 89.4. The molecule has 0 aromatic rings. The smallest absolute Gasteiger partial charge is 0.462 e. The van der Waals surface area contributed by atoms with Crippen LogP contribution in [0.25, 0.3) is 0 Å².